The molecule has 0 bridgehead atoms. The van der Waals surface area contributed by atoms with Gasteiger partial charge in [0, 0.05) is 40.4 Å². The van der Waals surface area contributed by atoms with E-state index in [1.165, 1.54) is 30.3 Å². The topological polar surface area (TPSA) is 89.3 Å². The number of fused-ring (bicyclic) bond motifs is 2. The summed E-state index contributed by atoms with van der Waals surface area (Å²) in [5.74, 6) is -1.15. The van der Waals surface area contributed by atoms with Crippen molar-refractivity contribution in [2.24, 2.45) is 0 Å². The van der Waals surface area contributed by atoms with Crippen LogP contribution in [0.3, 0.4) is 0 Å². The molecular formula is C26H28N2O4S2. The number of carboxylic acids is 1. The van der Waals surface area contributed by atoms with Crippen molar-refractivity contribution < 1.29 is 18.3 Å². The van der Waals surface area contributed by atoms with Gasteiger partial charge < -0.3 is 9.67 Å². The highest BCUT2D eigenvalue weighted by Crippen LogP contribution is 2.45. The molecule has 1 aromatic carbocycles. The third-order valence-corrected chi connectivity index (χ3v) is 8.31. The van der Waals surface area contributed by atoms with E-state index >= 15 is 0 Å². The van der Waals surface area contributed by atoms with Crippen molar-refractivity contribution >= 4 is 50.8 Å². The van der Waals surface area contributed by atoms with Crippen LogP contribution in [0.1, 0.15) is 55.8 Å². The van der Waals surface area contributed by atoms with Crippen LogP contribution in [0.25, 0.3) is 23.2 Å². The highest BCUT2D eigenvalue weighted by Gasteiger charge is 2.29. The van der Waals surface area contributed by atoms with Crippen molar-refractivity contribution in [1.29, 1.82) is 0 Å². The molecule has 4 rings (SSSR count). The third kappa shape index (κ3) is 4.70. The molecule has 0 saturated heterocycles. The van der Waals surface area contributed by atoms with Gasteiger partial charge in [-0.2, -0.15) is 0 Å². The molecule has 3 aromatic rings. The number of pyridine rings is 1. The number of aliphatic carboxylic acids is 1. The van der Waals surface area contributed by atoms with Gasteiger partial charge in [0.25, 0.3) is 0 Å². The molecular weight excluding hydrogens is 468 g/mol. The van der Waals surface area contributed by atoms with Crippen molar-refractivity contribution in [3.63, 3.8) is 0 Å². The molecule has 34 heavy (non-hydrogen) atoms. The molecule has 0 fully saturated rings. The van der Waals surface area contributed by atoms with Crippen LogP contribution in [0.4, 0.5) is 0 Å². The van der Waals surface area contributed by atoms with E-state index in [2.05, 4.69) is 41.4 Å². The standard InChI is InChI=1S/C26H28N2O4S2/c1-4-17(16-22(29)30)24-25(33-20-12-11-18-9-7-6-8-10-19(18)15-20)23-21(34(3,31)32)13-14-27-26(23)28(24)5-2/h7-15,17H,4-6,16H2,1-3H3,(H,29,30). The molecule has 1 unspecified atom stereocenters. The predicted molar refractivity (Wildman–Crippen MR) is 137 cm³/mol. The monoisotopic (exact) mass is 496 g/mol. The minimum atomic E-state index is -3.53. The van der Waals surface area contributed by atoms with Gasteiger partial charge in [-0.1, -0.05) is 49.1 Å². The lowest BCUT2D eigenvalue weighted by Crippen LogP contribution is -2.12. The maximum Gasteiger partial charge on any atom is 0.304 e. The highest BCUT2D eigenvalue weighted by atomic mass is 32.2. The predicted octanol–water partition coefficient (Wildman–Crippen LogP) is 6.01. The van der Waals surface area contributed by atoms with Gasteiger partial charge in [-0.15, -0.1) is 0 Å². The smallest absolute Gasteiger partial charge is 0.304 e. The first-order chi connectivity index (χ1) is 16.2. The number of aromatic nitrogens is 2. The normalized spacial score (nSPS) is 14.2. The zero-order valence-corrected chi connectivity index (χ0v) is 21.1. The molecule has 6 nitrogen and oxygen atoms in total. The SMILES string of the molecule is CCC(CC(=O)O)c1c(Sc2ccc3c(c2)C=CCC=C3)c2c(S(C)(=O)=O)ccnc2n1CC. The summed E-state index contributed by atoms with van der Waals surface area (Å²) in [7, 11) is -3.53. The first-order valence-electron chi connectivity index (χ1n) is 11.3. The third-order valence-electron chi connectivity index (χ3n) is 6.06. The fourth-order valence-corrected chi connectivity index (χ4v) is 6.68. The second-order valence-corrected chi connectivity index (χ2v) is 11.4. The molecule has 0 amide bonds. The van der Waals surface area contributed by atoms with E-state index in [1.54, 1.807) is 0 Å². The lowest BCUT2D eigenvalue weighted by molar-refractivity contribution is -0.137. The minimum absolute atomic E-state index is 0.0354. The number of sulfone groups is 1. The first-order valence-corrected chi connectivity index (χ1v) is 14.0. The number of benzene rings is 1. The van der Waals surface area contributed by atoms with Crippen LogP contribution in [0.15, 0.2) is 57.3 Å². The Balaban J connectivity index is 2.00. The van der Waals surface area contributed by atoms with Crippen molar-refractivity contribution in [2.75, 3.05) is 6.26 Å². The lowest BCUT2D eigenvalue weighted by atomic mass is 9.98. The van der Waals surface area contributed by atoms with Crippen LogP contribution in [0.5, 0.6) is 0 Å². The number of carboxylic acid groups (broad SMARTS) is 1. The molecule has 0 saturated carbocycles. The Labute approximate surface area is 204 Å². The maximum absolute atomic E-state index is 12.8. The van der Waals surface area contributed by atoms with Gasteiger partial charge in [0.2, 0.25) is 0 Å². The van der Waals surface area contributed by atoms with E-state index in [0.29, 0.717) is 24.0 Å². The quantitative estimate of drug-likeness (QED) is 0.411. The number of hydrogen-bond donors (Lipinski definition) is 1. The van der Waals surface area contributed by atoms with E-state index in [0.717, 1.165) is 33.0 Å². The van der Waals surface area contributed by atoms with E-state index < -0.39 is 15.8 Å². The van der Waals surface area contributed by atoms with E-state index in [-0.39, 0.29) is 17.2 Å². The van der Waals surface area contributed by atoms with Crippen molar-refractivity contribution in [3.8, 4) is 0 Å². The summed E-state index contributed by atoms with van der Waals surface area (Å²) in [6.07, 6.45) is 12.6. The molecule has 1 N–H and O–H groups in total. The fourth-order valence-electron chi connectivity index (χ4n) is 4.50. The molecule has 2 heterocycles. The van der Waals surface area contributed by atoms with E-state index in [4.69, 9.17) is 0 Å². The summed E-state index contributed by atoms with van der Waals surface area (Å²) < 4.78 is 27.5. The van der Waals surface area contributed by atoms with Gasteiger partial charge in [0.15, 0.2) is 9.84 Å². The Morgan fingerprint density at radius 2 is 1.91 bits per heavy atom. The largest absolute Gasteiger partial charge is 0.481 e. The molecule has 0 aliphatic heterocycles. The Bertz CT molecular complexity index is 1420. The highest BCUT2D eigenvalue weighted by molar-refractivity contribution is 7.99. The van der Waals surface area contributed by atoms with Gasteiger partial charge in [-0.25, -0.2) is 13.4 Å². The molecule has 178 valence electrons. The summed E-state index contributed by atoms with van der Waals surface area (Å²) in [5.41, 5.74) is 3.63. The maximum atomic E-state index is 12.8. The molecule has 1 aliphatic carbocycles. The van der Waals surface area contributed by atoms with Crippen LogP contribution < -0.4 is 0 Å². The zero-order chi connectivity index (χ0) is 24.5. The number of aryl methyl sites for hydroxylation is 1. The van der Waals surface area contributed by atoms with Crippen molar-refractivity contribution in [3.05, 3.63) is 59.4 Å². The number of allylic oxidation sites excluding steroid dienone is 2. The molecule has 1 atom stereocenters. The Morgan fingerprint density at radius 1 is 1.18 bits per heavy atom. The van der Waals surface area contributed by atoms with E-state index in [1.807, 2.05) is 24.5 Å². The molecule has 8 heteroatoms. The second kappa shape index (κ2) is 9.80. The summed E-state index contributed by atoms with van der Waals surface area (Å²) in [5, 5.41) is 10.2. The molecule has 0 spiro atoms. The zero-order valence-electron chi connectivity index (χ0n) is 19.5. The van der Waals surface area contributed by atoms with Crippen LogP contribution in [-0.4, -0.2) is 35.3 Å². The summed E-state index contributed by atoms with van der Waals surface area (Å²) in [4.78, 5) is 18.2. The van der Waals surface area contributed by atoms with Crippen LogP contribution >= 0.6 is 11.8 Å². The first kappa shape index (κ1) is 24.3. The second-order valence-electron chi connectivity index (χ2n) is 8.37. The fraction of sp³-hybridized carbons (Fsp3) is 0.308. The van der Waals surface area contributed by atoms with Gasteiger partial charge in [0.1, 0.15) is 5.65 Å². The average Bonchev–Trinajstić information content (AvgIpc) is 2.93. The molecule has 2 aromatic heterocycles. The van der Waals surface area contributed by atoms with Crippen LogP contribution in [0, 0.1) is 0 Å². The van der Waals surface area contributed by atoms with Gasteiger partial charge in [0.05, 0.1) is 16.7 Å². The number of hydrogen-bond acceptors (Lipinski definition) is 5. The lowest BCUT2D eigenvalue weighted by Gasteiger charge is -2.18. The van der Waals surface area contributed by atoms with E-state index in [9.17, 15) is 18.3 Å². The Morgan fingerprint density at radius 3 is 2.56 bits per heavy atom. The van der Waals surface area contributed by atoms with Gasteiger partial charge in [-0.05, 0) is 49.1 Å². The summed E-state index contributed by atoms with van der Waals surface area (Å²) >= 11 is 1.48. The number of rotatable bonds is 8. The molecule has 1 aliphatic rings. The summed E-state index contributed by atoms with van der Waals surface area (Å²) in [6, 6.07) is 7.72. The van der Waals surface area contributed by atoms with Crippen molar-refractivity contribution in [1.82, 2.24) is 9.55 Å². The Kier molecular flexibility index (Phi) is 7.00. The number of carbonyl (C=O) groups is 1. The Hall–Kier alpha value is -2.84. The minimum Gasteiger partial charge on any atom is -0.481 e. The van der Waals surface area contributed by atoms with Crippen LogP contribution in [-0.2, 0) is 21.2 Å². The number of nitrogens with zero attached hydrogens (tertiary/aromatic N) is 2. The average molecular weight is 497 g/mol. The molecule has 0 radical (unpaired) electrons. The van der Waals surface area contributed by atoms with Gasteiger partial charge >= 0.3 is 5.97 Å². The van der Waals surface area contributed by atoms with Gasteiger partial charge in [-0.3, -0.25) is 4.79 Å². The summed E-state index contributed by atoms with van der Waals surface area (Å²) in [6.45, 7) is 4.49. The van der Waals surface area contributed by atoms with Crippen LogP contribution in [0.2, 0.25) is 0 Å². The van der Waals surface area contributed by atoms with Crippen molar-refractivity contribution in [2.45, 2.75) is 60.3 Å².